The summed E-state index contributed by atoms with van der Waals surface area (Å²) in [6, 6.07) is 0. The molecular formula is C24H40N6O6. The number of hydrogen-bond donors (Lipinski definition) is 6. The van der Waals surface area contributed by atoms with E-state index in [-0.39, 0.29) is 49.6 Å². The first kappa shape index (κ1) is 29.1. The zero-order valence-corrected chi connectivity index (χ0v) is 20.9. The van der Waals surface area contributed by atoms with Crippen LogP contribution in [0.2, 0.25) is 0 Å². The van der Waals surface area contributed by atoms with Crippen LogP contribution in [-0.4, -0.2) is 48.5 Å². The molecule has 0 spiro atoms. The van der Waals surface area contributed by atoms with Crippen LogP contribution in [-0.2, 0) is 28.8 Å². The van der Waals surface area contributed by atoms with Crippen LogP contribution in [0.25, 0.3) is 0 Å². The maximum absolute atomic E-state index is 12.0. The Labute approximate surface area is 211 Å². The van der Waals surface area contributed by atoms with Crippen LogP contribution in [0.5, 0.6) is 0 Å². The monoisotopic (exact) mass is 508 g/mol. The molecule has 2 aliphatic rings. The van der Waals surface area contributed by atoms with Gasteiger partial charge in [-0.05, 0) is 38.5 Å². The van der Waals surface area contributed by atoms with E-state index >= 15 is 0 Å². The lowest BCUT2D eigenvalue weighted by atomic mass is 9.89. The molecule has 2 fully saturated rings. The second-order valence-corrected chi connectivity index (χ2v) is 9.51. The number of carbonyl (C=O) groups is 6. The first-order chi connectivity index (χ1) is 17.3. The summed E-state index contributed by atoms with van der Waals surface area (Å²) in [5.74, 6) is -2.20. The highest BCUT2D eigenvalue weighted by atomic mass is 16.2. The van der Waals surface area contributed by atoms with Gasteiger partial charge in [-0.2, -0.15) is 0 Å². The van der Waals surface area contributed by atoms with E-state index in [0.717, 1.165) is 64.2 Å². The number of rotatable bonds is 11. The molecule has 0 aromatic heterocycles. The van der Waals surface area contributed by atoms with Crippen molar-refractivity contribution < 1.29 is 28.8 Å². The first-order valence-corrected chi connectivity index (χ1v) is 13.1. The van der Waals surface area contributed by atoms with Crippen molar-refractivity contribution in [1.29, 1.82) is 0 Å². The van der Waals surface area contributed by atoms with Crippen LogP contribution in [0, 0.1) is 11.8 Å². The lowest BCUT2D eigenvalue weighted by Gasteiger charge is -2.20. The SMILES string of the molecule is O=C(CCCCC(=O)NNC(=O)CNC(=O)C1CCCCC1)NNC(=O)CNC(=O)C1CCCCC1. The Hall–Kier alpha value is -3.18. The maximum Gasteiger partial charge on any atom is 0.257 e. The fraction of sp³-hybridized carbons (Fsp3) is 0.750. The summed E-state index contributed by atoms with van der Waals surface area (Å²) in [5, 5.41) is 5.18. The molecule has 2 aliphatic carbocycles. The molecule has 2 rings (SSSR count). The van der Waals surface area contributed by atoms with E-state index in [9.17, 15) is 28.8 Å². The lowest BCUT2D eigenvalue weighted by molar-refractivity contribution is -0.131. The average molecular weight is 509 g/mol. The van der Waals surface area contributed by atoms with Crippen molar-refractivity contribution in [2.24, 2.45) is 11.8 Å². The Bertz CT molecular complexity index is 713. The van der Waals surface area contributed by atoms with Crippen molar-refractivity contribution in [3.05, 3.63) is 0 Å². The van der Waals surface area contributed by atoms with Crippen molar-refractivity contribution >= 4 is 35.4 Å². The summed E-state index contributed by atoms with van der Waals surface area (Å²) in [7, 11) is 0. The van der Waals surface area contributed by atoms with Gasteiger partial charge in [-0.1, -0.05) is 38.5 Å². The number of nitrogens with one attached hydrogen (secondary N) is 6. The number of carbonyl (C=O) groups excluding carboxylic acids is 6. The third-order valence-electron chi connectivity index (χ3n) is 6.54. The van der Waals surface area contributed by atoms with Gasteiger partial charge in [0.15, 0.2) is 0 Å². The van der Waals surface area contributed by atoms with Gasteiger partial charge in [-0.3, -0.25) is 50.5 Å². The van der Waals surface area contributed by atoms with Crippen LogP contribution in [0.15, 0.2) is 0 Å². The van der Waals surface area contributed by atoms with Gasteiger partial charge in [-0.25, -0.2) is 0 Å². The summed E-state index contributed by atoms with van der Waals surface area (Å²) in [6.45, 7) is -0.405. The van der Waals surface area contributed by atoms with Gasteiger partial charge >= 0.3 is 0 Å². The molecule has 0 radical (unpaired) electrons. The molecule has 0 aromatic carbocycles. The molecular weight excluding hydrogens is 468 g/mol. The zero-order valence-electron chi connectivity index (χ0n) is 20.9. The highest BCUT2D eigenvalue weighted by molar-refractivity contribution is 5.88. The third-order valence-corrected chi connectivity index (χ3v) is 6.54. The van der Waals surface area contributed by atoms with E-state index in [0.29, 0.717) is 12.8 Å². The summed E-state index contributed by atoms with van der Waals surface area (Å²) >= 11 is 0. The highest BCUT2D eigenvalue weighted by Crippen LogP contribution is 2.24. The molecule has 202 valence electrons. The first-order valence-electron chi connectivity index (χ1n) is 13.1. The van der Waals surface area contributed by atoms with Crippen molar-refractivity contribution in [3.63, 3.8) is 0 Å². The van der Waals surface area contributed by atoms with Gasteiger partial charge in [-0.15, -0.1) is 0 Å². The molecule has 0 bridgehead atoms. The molecule has 2 saturated carbocycles. The fourth-order valence-corrected chi connectivity index (χ4v) is 4.42. The molecule has 0 heterocycles. The van der Waals surface area contributed by atoms with Gasteiger partial charge in [0, 0.05) is 24.7 Å². The predicted molar refractivity (Wildman–Crippen MR) is 130 cm³/mol. The standard InChI is InChI=1S/C24H40N6O6/c31-19(27-29-21(33)15-25-23(35)17-9-3-1-4-10-17)13-7-8-14-20(32)28-30-22(34)16-26-24(36)18-11-5-2-6-12-18/h17-18H,1-16H2,(H,25,35)(H,26,36)(H,27,31)(H,28,32)(H,29,33)(H,30,34). The van der Waals surface area contributed by atoms with Crippen LogP contribution in [0.4, 0.5) is 0 Å². The molecule has 36 heavy (non-hydrogen) atoms. The Balaban J connectivity index is 1.44. The number of hydrogen-bond acceptors (Lipinski definition) is 6. The van der Waals surface area contributed by atoms with Crippen LogP contribution in [0.1, 0.15) is 89.9 Å². The van der Waals surface area contributed by atoms with Crippen LogP contribution >= 0.6 is 0 Å². The smallest absolute Gasteiger partial charge is 0.257 e. The number of amides is 6. The molecule has 12 nitrogen and oxygen atoms in total. The van der Waals surface area contributed by atoms with E-state index in [2.05, 4.69) is 32.3 Å². The quantitative estimate of drug-likeness (QED) is 0.172. The Morgan fingerprint density at radius 3 is 1.17 bits per heavy atom. The van der Waals surface area contributed by atoms with Crippen molar-refractivity contribution in [1.82, 2.24) is 32.3 Å². The summed E-state index contributed by atoms with van der Waals surface area (Å²) < 4.78 is 0. The fourth-order valence-electron chi connectivity index (χ4n) is 4.42. The Morgan fingerprint density at radius 1 is 0.472 bits per heavy atom. The predicted octanol–water partition coefficient (Wildman–Crippen LogP) is 0.235. The van der Waals surface area contributed by atoms with Crippen LogP contribution < -0.4 is 32.3 Å². The topological polar surface area (TPSA) is 175 Å². The number of unbranched alkanes of at least 4 members (excludes halogenated alkanes) is 1. The summed E-state index contributed by atoms with van der Waals surface area (Å²) in [5.41, 5.74) is 9.07. The molecule has 0 atom stereocenters. The van der Waals surface area contributed by atoms with Gasteiger partial charge < -0.3 is 10.6 Å². The van der Waals surface area contributed by atoms with Crippen molar-refractivity contribution in [2.45, 2.75) is 89.9 Å². The van der Waals surface area contributed by atoms with Crippen molar-refractivity contribution in [3.8, 4) is 0 Å². The largest absolute Gasteiger partial charge is 0.347 e. The van der Waals surface area contributed by atoms with Gasteiger partial charge in [0.2, 0.25) is 23.6 Å². The molecule has 0 aliphatic heterocycles. The van der Waals surface area contributed by atoms with Crippen molar-refractivity contribution in [2.75, 3.05) is 13.1 Å². The summed E-state index contributed by atoms with van der Waals surface area (Å²) in [6.07, 6.45) is 10.7. The highest BCUT2D eigenvalue weighted by Gasteiger charge is 2.22. The van der Waals surface area contributed by atoms with E-state index < -0.39 is 23.6 Å². The van der Waals surface area contributed by atoms with E-state index in [1.165, 1.54) is 0 Å². The lowest BCUT2D eigenvalue weighted by Crippen LogP contribution is -2.47. The molecule has 0 aromatic rings. The molecule has 6 N–H and O–H groups in total. The second-order valence-electron chi connectivity index (χ2n) is 9.51. The zero-order chi connectivity index (χ0) is 26.2. The van der Waals surface area contributed by atoms with Gasteiger partial charge in [0.1, 0.15) is 0 Å². The minimum atomic E-state index is -0.516. The summed E-state index contributed by atoms with van der Waals surface area (Å²) in [4.78, 5) is 71.3. The molecule has 6 amide bonds. The minimum absolute atomic E-state index is 0.0428. The second kappa shape index (κ2) is 16.5. The van der Waals surface area contributed by atoms with E-state index in [1.54, 1.807) is 0 Å². The molecule has 0 unspecified atom stereocenters. The van der Waals surface area contributed by atoms with E-state index in [1.807, 2.05) is 0 Å². The maximum atomic E-state index is 12.0. The Morgan fingerprint density at radius 2 is 0.806 bits per heavy atom. The average Bonchev–Trinajstić information content (AvgIpc) is 2.91. The molecule has 0 saturated heterocycles. The van der Waals surface area contributed by atoms with Gasteiger partial charge in [0.05, 0.1) is 13.1 Å². The normalized spacial score (nSPS) is 16.3. The minimum Gasteiger partial charge on any atom is -0.347 e. The number of hydrazine groups is 2. The Kier molecular flexibility index (Phi) is 13.3. The molecule has 12 heteroatoms. The van der Waals surface area contributed by atoms with Crippen LogP contribution in [0.3, 0.4) is 0 Å². The van der Waals surface area contributed by atoms with Gasteiger partial charge in [0.25, 0.3) is 11.8 Å². The van der Waals surface area contributed by atoms with E-state index in [4.69, 9.17) is 0 Å². The third kappa shape index (κ3) is 12.0.